The van der Waals surface area contributed by atoms with Crippen molar-refractivity contribution >= 4 is 37.7 Å². The van der Waals surface area contributed by atoms with Gasteiger partial charge < -0.3 is 4.42 Å². The van der Waals surface area contributed by atoms with Crippen LogP contribution in [0.1, 0.15) is 11.1 Å². The van der Waals surface area contributed by atoms with Crippen LogP contribution in [0.3, 0.4) is 0 Å². The molecule has 5 heteroatoms. The maximum absolute atomic E-state index is 6.22. The number of hydrogen-bond acceptors (Lipinski definition) is 5. The summed E-state index contributed by atoms with van der Waals surface area (Å²) < 4.78 is 7.36. The van der Waals surface area contributed by atoms with E-state index in [1.807, 2.05) is 54.6 Å². The normalized spacial score (nSPS) is 12.0. The van der Waals surface area contributed by atoms with E-state index in [0.29, 0.717) is 0 Å². The first kappa shape index (κ1) is 17.6. The van der Waals surface area contributed by atoms with Gasteiger partial charge in [-0.05, 0) is 49.2 Å². The number of aromatic nitrogens is 1. The topological polar surface area (TPSA) is 50.4 Å². The summed E-state index contributed by atoms with van der Waals surface area (Å²) in [5, 5.41) is 7.26. The fourth-order valence-electron chi connectivity index (χ4n) is 3.29. The number of thiazole rings is 1. The second kappa shape index (κ2) is 7.18. The zero-order valence-corrected chi connectivity index (χ0v) is 17.0. The minimum Gasteiger partial charge on any atom is -0.456 e. The Balaban J connectivity index is 1.67. The molecule has 0 unspecified atom stereocenters. The molecule has 0 atom stereocenters. The zero-order valence-electron chi connectivity index (χ0n) is 16.1. The van der Waals surface area contributed by atoms with Crippen molar-refractivity contribution in [2.24, 2.45) is 5.10 Å². The molecule has 0 bridgehead atoms. The van der Waals surface area contributed by atoms with Crippen molar-refractivity contribution in [1.82, 2.24) is 4.98 Å². The molecule has 142 valence electrons. The van der Waals surface area contributed by atoms with Crippen molar-refractivity contribution in [2.45, 2.75) is 13.8 Å². The van der Waals surface area contributed by atoms with Gasteiger partial charge in [-0.1, -0.05) is 53.8 Å². The molecule has 0 aliphatic carbocycles. The van der Waals surface area contributed by atoms with Crippen molar-refractivity contribution < 1.29 is 4.42 Å². The third kappa shape index (κ3) is 3.41. The summed E-state index contributed by atoms with van der Waals surface area (Å²) in [5.41, 5.74) is 8.35. The molecule has 0 amide bonds. The van der Waals surface area contributed by atoms with Gasteiger partial charge in [-0.3, -0.25) is 5.43 Å². The van der Waals surface area contributed by atoms with Crippen LogP contribution in [0.25, 0.3) is 32.5 Å². The highest BCUT2D eigenvalue weighted by Gasteiger charge is 2.08. The van der Waals surface area contributed by atoms with Gasteiger partial charge in [0.25, 0.3) is 0 Å². The average Bonchev–Trinajstić information content (AvgIpc) is 3.16. The van der Waals surface area contributed by atoms with E-state index in [2.05, 4.69) is 42.5 Å². The van der Waals surface area contributed by atoms with E-state index >= 15 is 0 Å². The second-order valence-electron chi connectivity index (χ2n) is 7.00. The summed E-state index contributed by atoms with van der Waals surface area (Å²) in [6, 6.07) is 24.4. The molecular weight excluding hydrogens is 378 g/mol. The maximum atomic E-state index is 6.22. The van der Waals surface area contributed by atoms with Crippen LogP contribution >= 0.6 is 11.3 Å². The number of fused-ring (bicyclic) bond motifs is 2. The Morgan fingerprint density at radius 3 is 2.48 bits per heavy atom. The van der Waals surface area contributed by atoms with E-state index in [-0.39, 0.29) is 0 Å². The van der Waals surface area contributed by atoms with Crippen LogP contribution in [-0.2, 0) is 0 Å². The molecule has 0 saturated heterocycles. The smallest absolute Gasteiger partial charge is 0.204 e. The van der Waals surface area contributed by atoms with E-state index in [4.69, 9.17) is 9.52 Å². The quantitative estimate of drug-likeness (QED) is 0.366. The lowest BCUT2D eigenvalue weighted by Gasteiger charge is -2.07. The summed E-state index contributed by atoms with van der Waals surface area (Å²) in [6.45, 7) is 4.19. The SMILES string of the molecule is Cc1cc2oc(-c3ccccc3)c/c(=N\Nc3nc4ccccc4s3)c2cc1C. The first-order valence-corrected chi connectivity index (χ1v) is 10.2. The molecule has 2 heterocycles. The summed E-state index contributed by atoms with van der Waals surface area (Å²) in [5.74, 6) is 0.784. The lowest BCUT2D eigenvalue weighted by atomic mass is 10.1. The molecule has 0 saturated carbocycles. The van der Waals surface area contributed by atoms with Crippen LogP contribution in [0.15, 0.2) is 82.3 Å². The Morgan fingerprint density at radius 2 is 1.66 bits per heavy atom. The monoisotopic (exact) mass is 397 g/mol. The van der Waals surface area contributed by atoms with Crippen molar-refractivity contribution in [3.63, 3.8) is 0 Å². The number of hydrogen-bond donors (Lipinski definition) is 1. The summed E-state index contributed by atoms with van der Waals surface area (Å²) in [6.07, 6.45) is 0. The number of nitrogens with zero attached hydrogens (tertiary/aromatic N) is 2. The third-order valence-electron chi connectivity index (χ3n) is 4.98. The first-order valence-electron chi connectivity index (χ1n) is 9.43. The summed E-state index contributed by atoms with van der Waals surface area (Å²) in [7, 11) is 0. The highest BCUT2D eigenvalue weighted by Crippen LogP contribution is 2.26. The molecule has 2 aromatic heterocycles. The Bertz CT molecular complexity index is 1370. The van der Waals surface area contributed by atoms with Crippen LogP contribution in [0.5, 0.6) is 0 Å². The zero-order chi connectivity index (χ0) is 19.8. The molecule has 0 aliphatic heterocycles. The molecule has 5 aromatic rings. The molecule has 0 radical (unpaired) electrons. The summed E-state index contributed by atoms with van der Waals surface area (Å²) >= 11 is 1.59. The number of para-hydroxylation sites is 1. The molecule has 29 heavy (non-hydrogen) atoms. The van der Waals surface area contributed by atoms with Gasteiger partial charge in [0.15, 0.2) is 0 Å². The fraction of sp³-hybridized carbons (Fsp3) is 0.0833. The lowest BCUT2D eigenvalue weighted by Crippen LogP contribution is -2.08. The molecule has 0 fully saturated rings. The second-order valence-corrected chi connectivity index (χ2v) is 8.04. The standard InChI is InChI=1S/C24H19N3OS/c1-15-12-18-20(26-27-24-25-19-10-6-7-11-23(19)29-24)14-21(17-8-4-3-5-9-17)28-22(18)13-16(15)2/h3-14H,1-2H3,(H,25,27)/b26-20+. The predicted molar refractivity (Wildman–Crippen MR) is 120 cm³/mol. The third-order valence-corrected chi connectivity index (χ3v) is 5.92. The minimum atomic E-state index is 0.769. The van der Waals surface area contributed by atoms with Gasteiger partial charge in [0.05, 0.1) is 15.6 Å². The van der Waals surface area contributed by atoms with Gasteiger partial charge >= 0.3 is 0 Å². The molecule has 3 aromatic carbocycles. The van der Waals surface area contributed by atoms with E-state index in [1.165, 1.54) is 11.1 Å². The molecule has 0 aliphatic rings. The predicted octanol–water partition coefficient (Wildman–Crippen LogP) is 6.25. The Hall–Kier alpha value is -3.44. The fourth-order valence-corrected chi connectivity index (χ4v) is 4.10. The van der Waals surface area contributed by atoms with Gasteiger partial charge in [-0.15, -0.1) is 0 Å². The van der Waals surface area contributed by atoms with E-state index < -0.39 is 0 Å². The Morgan fingerprint density at radius 1 is 0.897 bits per heavy atom. The minimum absolute atomic E-state index is 0.769. The largest absolute Gasteiger partial charge is 0.456 e. The Labute approximate surface area is 172 Å². The van der Waals surface area contributed by atoms with Gasteiger partial charge in [-0.25, -0.2) is 4.98 Å². The number of anilines is 1. The van der Waals surface area contributed by atoms with E-state index in [1.54, 1.807) is 11.3 Å². The molecular formula is C24H19N3OS. The highest BCUT2D eigenvalue weighted by molar-refractivity contribution is 7.22. The van der Waals surface area contributed by atoms with Crippen LogP contribution in [0, 0.1) is 13.8 Å². The van der Waals surface area contributed by atoms with Gasteiger partial charge in [0, 0.05) is 17.0 Å². The van der Waals surface area contributed by atoms with Crippen LogP contribution < -0.4 is 10.8 Å². The number of rotatable bonds is 3. The number of nitrogens with one attached hydrogen (secondary N) is 1. The lowest BCUT2D eigenvalue weighted by molar-refractivity contribution is 0.618. The summed E-state index contributed by atoms with van der Waals surface area (Å²) in [4.78, 5) is 4.61. The highest BCUT2D eigenvalue weighted by atomic mass is 32.1. The van der Waals surface area contributed by atoms with Crippen LogP contribution in [-0.4, -0.2) is 4.98 Å². The van der Waals surface area contributed by atoms with Crippen molar-refractivity contribution in [2.75, 3.05) is 5.43 Å². The maximum Gasteiger partial charge on any atom is 0.204 e. The van der Waals surface area contributed by atoms with Crippen molar-refractivity contribution in [3.05, 3.63) is 89.3 Å². The van der Waals surface area contributed by atoms with Crippen LogP contribution in [0.2, 0.25) is 0 Å². The van der Waals surface area contributed by atoms with Gasteiger partial charge in [0.1, 0.15) is 11.3 Å². The number of aryl methyl sites for hydroxylation is 2. The van der Waals surface area contributed by atoms with Crippen molar-refractivity contribution in [3.8, 4) is 11.3 Å². The molecule has 4 nitrogen and oxygen atoms in total. The van der Waals surface area contributed by atoms with Gasteiger partial charge in [0.2, 0.25) is 5.13 Å². The first-order chi connectivity index (χ1) is 14.2. The molecule has 5 rings (SSSR count). The van der Waals surface area contributed by atoms with Crippen molar-refractivity contribution in [1.29, 1.82) is 0 Å². The van der Waals surface area contributed by atoms with Crippen LogP contribution in [0.4, 0.5) is 5.13 Å². The molecule has 1 N–H and O–H groups in total. The molecule has 0 spiro atoms. The number of benzene rings is 3. The van der Waals surface area contributed by atoms with E-state index in [9.17, 15) is 0 Å². The average molecular weight is 398 g/mol. The Kier molecular flexibility index (Phi) is 4.37. The van der Waals surface area contributed by atoms with E-state index in [0.717, 1.165) is 43.0 Å². The van der Waals surface area contributed by atoms with Gasteiger partial charge in [-0.2, -0.15) is 5.10 Å².